The van der Waals surface area contributed by atoms with Crippen molar-refractivity contribution in [1.82, 2.24) is 19.4 Å². The Morgan fingerprint density at radius 3 is 2.26 bits per heavy atom. The zero-order valence-electron chi connectivity index (χ0n) is 22.7. The SMILES string of the molecule is CCOC(=O)c1c(N)n(-c2cccc(NC(=O)CCCN3C(=O)c4ccccc4C3=O)c2)c2nc3ccccc3nc12. The number of nitrogens with two attached hydrogens (primary N) is 1. The lowest BCUT2D eigenvalue weighted by Crippen LogP contribution is -2.31. The third-order valence-corrected chi connectivity index (χ3v) is 7.03. The van der Waals surface area contributed by atoms with Gasteiger partial charge in [0.2, 0.25) is 5.91 Å². The number of anilines is 2. The van der Waals surface area contributed by atoms with Gasteiger partial charge in [-0.3, -0.25) is 23.9 Å². The number of aromatic nitrogens is 3. The molecule has 0 fully saturated rings. The van der Waals surface area contributed by atoms with Gasteiger partial charge < -0.3 is 15.8 Å². The van der Waals surface area contributed by atoms with Crippen LogP contribution in [0.1, 0.15) is 50.8 Å². The maximum absolute atomic E-state index is 12.9. The predicted octanol–water partition coefficient (Wildman–Crippen LogP) is 4.35. The monoisotopic (exact) mass is 562 g/mol. The number of hydrogen-bond donors (Lipinski definition) is 2. The third-order valence-electron chi connectivity index (χ3n) is 7.03. The number of ether oxygens (including phenoxy) is 1. The van der Waals surface area contributed by atoms with Crippen LogP contribution in [0.4, 0.5) is 11.5 Å². The molecule has 11 heteroatoms. The van der Waals surface area contributed by atoms with Gasteiger partial charge >= 0.3 is 5.97 Å². The highest BCUT2D eigenvalue weighted by molar-refractivity contribution is 6.21. The quantitative estimate of drug-likeness (QED) is 0.209. The minimum absolute atomic E-state index is 0.0939. The van der Waals surface area contributed by atoms with Crippen LogP contribution in [0.2, 0.25) is 0 Å². The average Bonchev–Trinajstić information content (AvgIpc) is 3.41. The van der Waals surface area contributed by atoms with Gasteiger partial charge in [-0.15, -0.1) is 0 Å². The lowest BCUT2D eigenvalue weighted by Gasteiger charge is -2.14. The van der Waals surface area contributed by atoms with Crippen LogP contribution >= 0.6 is 0 Å². The topological polar surface area (TPSA) is 150 Å². The summed E-state index contributed by atoms with van der Waals surface area (Å²) in [7, 11) is 0. The number of nitrogen functional groups attached to an aromatic ring is 1. The highest BCUT2D eigenvalue weighted by Crippen LogP contribution is 2.32. The van der Waals surface area contributed by atoms with Crippen molar-refractivity contribution in [3.05, 3.63) is 89.5 Å². The van der Waals surface area contributed by atoms with Crippen molar-refractivity contribution < 1.29 is 23.9 Å². The molecule has 3 heterocycles. The molecule has 0 spiro atoms. The number of amides is 3. The third kappa shape index (κ3) is 4.60. The summed E-state index contributed by atoms with van der Waals surface area (Å²) in [6.45, 7) is 2.01. The number of nitrogens with one attached hydrogen (secondary N) is 1. The molecule has 0 bridgehead atoms. The normalized spacial score (nSPS) is 12.6. The van der Waals surface area contributed by atoms with Gasteiger partial charge in [0.1, 0.15) is 16.9 Å². The van der Waals surface area contributed by atoms with Crippen molar-refractivity contribution >= 4 is 57.4 Å². The molecule has 210 valence electrons. The summed E-state index contributed by atoms with van der Waals surface area (Å²) in [5.41, 5.74) is 10.4. The van der Waals surface area contributed by atoms with E-state index in [9.17, 15) is 19.2 Å². The largest absolute Gasteiger partial charge is 0.462 e. The summed E-state index contributed by atoms with van der Waals surface area (Å²) in [5, 5.41) is 2.85. The summed E-state index contributed by atoms with van der Waals surface area (Å²) in [6, 6.07) is 20.9. The zero-order chi connectivity index (χ0) is 29.4. The van der Waals surface area contributed by atoms with Crippen LogP contribution in [0.5, 0.6) is 0 Å². The van der Waals surface area contributed by atoms with Gasteiger partial charge in [-0.25, -0.2) is 14.8 Å². The van der Waals surface area contributed by atoms with Gasteiger partial charge in [-0.2, -0.15) is 0 Å². The number of imide groups is 1. The first kappa shape index (κ1) is 26.6. The Morgan fingerprint density at radius 2 is 1.57 bits per heavy atom. The number of carbonyl (C=O) groups is 4. The van der Waals surface area contributed by atoms with Crippen LogP contribution in [0.15, 0.2) is 72.8 Å². The molecule has 0 saturated carbocycles. The maximum atomic E-state index is 12.9. The van der Waals surface area contributed by atoms with E-state index in [2.05, 4.69) is 10.3 Å². The number of carbonyl (C=O) groups excluding carboxylic acids is 4. The fraction of sp³-hybridized carbons (Fsp3) is 0.161. The summed E-state index contributed by atoms with van der Waals surface area (Å²) in [6.07, 6.45) is 0.397. The number of hydrogen-bond acceptors (Lipinski definition) is 8. The molecule has 3 amide bonds. The minimum Gasteiger partial charge on any atom is -0.462 e. The molecular weight excluding hydrogens is 536 g/mol. The minimum atomic E-state index is -0.606. The average molecular weight is 563 g/mol. The lowest BCUT2D eigenvalue weighted by molar-refractivity contribution is -0.116. The van der Waals surface area contributed by atoms with E-state index in [1.165, 1.54) is 4.90 Å². The van der Waals surface area contributed by atoms with Gasteiger partial charge in [-0.1, -0.05) is 30.3 Å². The van der Waals surface area contributed by atoms with Gasteiger partial charge in [0.05, 0.1) is 34.5 Å². The number of fused-ring (bicyclic) bond motifs is 3. The highest BCUT2D eigenvalue weighted by Gasteiger charge is 2.34. The molecule has 6 rings (SSSR count). The molecule has 0 radical (unpaired) electrons. The summed E-state index contributed by atoms with van der Waals surface area (Å²) >= 11 is 0. The van der Waals surface area contributed by atoms with E-state index in [1.54, 1.807) is 66.1 Å². The first-order valence-corrected chi connectivity index (χ1v) is 13.5. The molecule has 2 aromatic heterocycles. The van der Waals surface area contributed by atoms with Crippen LogP contribution in [0.25, 0.3) is 27.9 Å². The highest BCUT2D eigenvalue weighted by atomic mass is 16.5. The Balaban J connectivity index is 1.23. The second-order valence-electron chi connectivity index (χ2n) is 9.71. The molecule has 11 nitrogen and oxygen atoms in total. The first-order chi connectivity index (χ1) is 20.4. The number of benzene rings is 3. The first-order valence-electron chi connectivity index (χ1n) is 13.5. The Morgan fingerprint density at radius 1 is 0.905 bits per heavy atom. The Hall–Kier alpha value is -5.58. The van der Waals surface area contributed by atoms with Crippen LogP contribution in [0.3, 0.4) is 0 Å². The summed E-state index contributed by atoms with van der Waals surface area (Å²) in [5.74, 6) is -1.47. The number of esters is 1. The second kappa shape index (κ2) is 10.8. The van der Waals surface area contributed by atoms with Crippen molar-refractivity contribution in [1.29, 1.82) is 0 Å². The van der Waals surface area contributed by atoms with Crippen LogP contribution < -0.4 is 11.1 Å². The van der Waals surface area contributed by atoms with Crippen LogP contribution in [0, 0.1) is 0 Å². The molecule has 1 aliphatic heterocycles. The Bertz CT molecular complexity index is 1880. The molecule has 0 unspecified atom stereocenters. The van der Waals surface area contributed by atoms with E-state index < -0.39 is 5.97 Å². The van der Waals surface area contributed by atoms with E-state index in [1.807, 2.05) is 18.2 Å². The number of nitrogens with zero attached hydrogens (tertiary/aromatic N) is 4. The van der Waals surface area contributed by atoms with Crippen molar-refractivity contribution in [2.24, 2.45) is 0 Å². The molecule has 0 aliphatic carbocycles. The fourth-order valence-corrected chi connectivity index (χ4v) is 5.11. The van der Waals surface area contributed by atoms with Gasteiger partial charge in [0.15, 0.2) is 5.65 Å². The smallest absolute Gasteiger partial charge is 0.344 e. The van der Waals surface area contributed by atoms with E-state index in [0.29, 0.717) is 51.1 Å². The van der Waals surface area contributed by atoms with Crippen molar-refractivity contribution in [2.75, 3.05) is 24.2 Å². The summed E-state index contributed by atoms with van der Waals surface area (Å²) < 4.78 is 6.87. The number of para-hydroxylation sites is 2. The molecule has 42 heavy (non-hydrogen) atoms. The van der Waals surface area contributed by atoms with Crippen molar-refractivity contribution in [3.63, 3.8) is 0 Å². The maximum Gasteiger partial charge on any atom is 0.344 e. The fourth-order valence-electron chi connectivity index (χ4n) is 5.11. The second-order valence-corrected chi connectivity index (χ2v) is 9.71. The Kier molecular flexibility index (Phi) is 6.83. The van der Waals surface area contributed by atoms with Gasteiger partial charge in [-0.05, 0) is 55.8 Å². The zero-order valence-corrected chi connectivity index (χ0v) is 22.7. The van der Waals surface area contributed by atoms with Crippen molar-refractivity contribution in [3.8, 4) is 5.69 Å². The van der Waals surface area contributed by atoms with Crippen LogP contribution in [-0.2, 0) is 9.53 Å². The molecular formula is C31H26N6O5. The predicted molar refractivity (Wildman–Crippen MR) is 156 cm³/mol. The lowest BCUT2D eigenvalue weighted by atomic mass is 10.1. The molecule has 0 atom stereocenters. The Labute approximate surface area is 239 Å². The molecule has 3 N–H and O–H groups in total. The van der Waals surface area contributed by atoms with E-state index >= 15 is 0 Å². The summed E-state index contributed by atoms with van der Waals surface area (Å²) in [4.78, 5) is 61.4. The van der Waals surface area contributed by atoms with E-state index in [-0.39, 0.29) is 48.7 Å². The van der Waals surface area contributed by atoms with Gasteiger partial charge in [0.25, 0.3) is 11.8 Å². The van der Waals surface area contributed by atoms with E-state index in [0.717, 1.165) is 0 Å². The molecule has 3 aromatic carbocycles. The molecule has 1 aliphatic rings. The van der Waals surface area contributed by atoms with E-state index in [4.69, 9.17) is 15.5 Å². The van der Waals surface area contributed by atoms with Gasteiger partial charge in [0, 0.05) is 18.7 Å². The number of rotatable bonds is 8. The van der Waals surface area contributed by atoms with Crippen LogP contribution in [-0.4, -0.2) is 56.3 Å². The molecule has 5 aromatic rings. The van der Waals surface area contributed by atoms with Crippen molar-refractivity contribution in [2.45, 2.75) is 19.8 Å². The molecule has 0 saturated heterocycles. The standard InChI is InChI=1S/C31H26N6O5/c1-2-42-31(41)25-26-28(35-23-14-6-5-13-22(23)34-26)37(27(25)32)19-10-7-9-18(17-19)33-24(38)15-8-16-36-29(39)20-11-3-4-12-21(20)30(36)40/h3-7,9-14,17H,2,8,15-16,32H2,1H3,(H,33,38).